The fourth-order valence-corrected chi connectivity index (χ4v) is 6.44. The Labute approximate surface area is 250 Å². The number of ether oxygens (including phenoxy) is 9. The lowest BCUT2D eigenvalue weighted by molar-refractivity contribution is -0.147. The lowest BCUT2D eigenvalue weighted by atomic mass is 9.79. The summed E-state index contributed by atoms with van der Waals surface area (Å²) in [5.41, 5.74) is 2.89. The van der Waals surface area contributed by atoms with Crippen LogP contribution in [0.15, 0.2) is 24.0 Å². The predicted molar refractivity (Wildman–Crippen MR) is 153 cm³/mol. The van der Waals surface area contributed by atoms with Gasteiger partial charge in [-0.25, -0.2) is 9.59 Å². The van der Waals surface area contributed by atoms with Crippen molar-refractivity contribution in [3.05, 3.63) is 35.1 Å². The molecule has 12 heteroatoms. The Morgan fingerprint density at radius 1 is 0.860 bits per heavy atom. The highest BCUT2D eigenvalue weighted by atomic mass is 16.6. The molecule has 5 rings (SSSR count). The van der Waals surface area contributed by atoms with Crippen molar-refractivity contribution in [1.29, 1.82) is 0 Å². The molecule has 0 aromatic heterocycles. The number of methoxy groups -OCH3 is 7. The summed E-state index contributed by atoms with van der Waals surface area (Å²) in [6.07, 6.45) is 1.36. The minimum atomic E-state index is -0.874. The number of allylic oxidation sites excluding steroid dienone is 1. The highest BCUT2D eigenvalue weighted by Crippen LogP contribution is 2.59. The first-order valence-electron chi connectivity index (χ1n) is 13.9. The second-order valence-corrected chi connectivity index (χ2v) is 10.3. The summed E-state index contributed by atoms with van der Waals surface area (Å²) in [4.78, 5) is 27.8. The second kappa shape index (κ2) is 12.0. The monoisotopic (exact) mass is 599 g/mol. The lowest BCUT2D eigenvalue weighted by Crippen LogP contribution is -2.51. The van der Waals surface area contributed by atoms with E-state index in [1.54, 1.807) is 32.3 Å². The molecule has 1 amide bonds. The van der Waals surface area contributed by atoms with Gasteiger partial charge in [-0.2, -0.15) is 0 Å². The van der Waals surface area contributed by atoms with E-state index in [1.165, 1.54) is 28.4 Å². The van der Waals surface area contributed by atoms with Crippen molar-refractivity contribution in [3.63, 3.8) is 0 Å². The molecule has 232 valence electrons. The van der Waals surface area contributed by atoms with Crippen molar-refractivity contribution in [2.24, 2.45) is 5.92 Å². The number of hydrogen-bond acceptors (Lipinski definition) is 11. The molecule has 43 heavy (non-hydrogen) atoms. The Morgan fingerprint density at radius 3 is 2.02 bits per heavy atom. The van der Waals surface area contributed by atoms with Crippen LogP contribution in [0, 0.1) is 5.92 Å². The topological polar surface area (TPSA) is 120 Å². The summed E-state index contributed by atoms with van der Waals surface area (Å²) in [7, 11) is 10.5. The van der Waals surface area contributed by atoms with Gasteiger partial charge in [-0.1, -0.05) is 6.92 Å². The van der Waals surface area contributed by atoms with E-state index < -0.39 is 30.1 Å². The number of cyclic esters (lactones) is 1. The molecule has 2 aromatic rings. The van der Waals surface area contributed by atoms with Crippen molar-refractivity contribution in [2.75, 3.05) is 56.4 Å². The van der Waals surface area contributed by atoms with Gasteiger partial charge in [-0.05, 0) is 42.2 Å². The molecule has 4 atom stereocenters. The first-order chi connectivity index (χ1) is 20.8. The number of hydrogen-bond donors (Lipinski definition) is 0. The van der Waals surface area contributed by atoms with Gasteiger partial charge in [-0.3, -0.25) is 4.90 Å². The molecule has 2 heterocycles. The van der Waals surface area contributed by atoms with Gasteiger partial charge >= 0.3 is 12.1 Å². The summed E-state index contributed by atoms with van der Waals surface area (Å²) in [6.45, 7) is 2.19. The van der Waals surface area contributed by atoms with Crippen LogP contribution in [-0.4, -0.2) is 85.6 Å². The number of rotatable bonds is 9. The van der Waals surface area contributed by atoms with Crippen molar-refractivity contribution in [2.45, 2.75) is 38.0 Å². The molecular formula is C31H37NO11. The summed E-state index contributed by atoms with van der Waals surface area (Å²) in [6, 6.07) is 3.49. The number of amides is 1. The molecule has 0 bridgehead atoms. The van der Waals surface area contributed by atoms with E-state index in [9.17, 15) is 9.59 Å². The maximum atomic E-state index is 13.2. The second-order valence-electron chi connectivity index (χ2n) is 10.3. The van der Waals surface area contributed by atoms with Crippen LogP contribution in [0.25, 0.3) is 11.1 Å². The molecule has 0 radical (unpaired) electrons. The van der Waals surface area contributed by atoms with Crippen LogP contribution in [0.5, 0.6) is 34.5 Å². The molecule has 1 fully saturated rings. The summed E-state index contributed by atoms with van der Waals surface area (Å²) >= 11 is 0. The maximum absolute atomic E-state index is 13.2. The molecule has 1 aliphatic carbocycles. The van der Waals surface area contributed by atoms with Gasteiger partial charge < -0.3 is 42.6 Å². The number of esters is 1. The molecule has 3 aliphatic rings. The minimum absolute atomic E-state index is 0.0175. The fraction of sp³-hybridized carbons (Fsp3) is 0.484. The van der Waals surface area contributed by atoms with E-state index >= 15 is 0 Å². The summed E-state index contributed by atoms with van der Waals surface area (Å²) in [5, 5.41) is 0. The normalized spacial score (nSPS) is 22.0. The number of fused-ring (bicyclic) bond motifs is 5. The van der Waals surface area contributed by atoms with Gasteiger partial charge in [0, 0.05) is 23.0 Å². The molecule has 0 unspecified atom stereocenters. The number of benzene rings is 2. The summed E-state index contributed by atoms with van der Waals surface area (Å²) in [5.74, 6) is 0.888. The first-order valence-corrected chi connectivity index (χ1v) is 13.9. The van der Waals surface area contributed by atoms with Gasteiger partial charge in [0.1, 0.15) is 6.61 Å². The molecule has 2 aliphatic heterocycles. The zero-order valence-corrected chi connectivity index (χ0v) is 25.6. The maximum Gasteiger partial charge on any atom is 0.413 e. The van der Waals surface area contributed by atoms with E-state index in [1.807, 2.05) is 19.1 Å². The zero-order chi connectivity index (χ0) is 31.0. The quantitative estimate of drug-likeness (QED) is 0.384. The van der Waals surface area contributed by atoms with Gasteiger partial charge in [-0.15, -0.1) is 0 Å². The highest BCUT2D eigenvalue weighted by Gasteiger charge is 2.50. The van der Waals surface area contributed by atoms with Crippen LogP contribution in [0.4, 0.5) is 4.79 Å². The van der Waals surface area contributed by atoms with E-state index in [-0.39, 0.29) is 18.4 Å². The van der Waals surface area contributed by atoms with Crippen LogP contribution in [0.1, 0.15) is 30.4 Å². The molecule has 0 saturated carbocycles. The molecule has 0 N–H and O–H groups in total. The van der Waals surface area contributed by atoms with E-state index in [4.69, 9.17) is 42.6 Å². The SMILES string of the molecule is CC[C@@H]1COC(=O)N1[C@@H]1OC(C(=O)OC)=C[C@@H]2c3cc(OC)c(OC)c(OC)c3-c3c(cc(OC)c(OC)c3OC)C[C@H]21. The Morgan fingerprint density at radius 2 is 1.47 bits per heavy atom. The van der Waals surface area contributed by atoms with Crippen LogP contribution >= 0.6 is 0 Å². The smallest absolute Gasteiger partial charge is 0.413 e. The number of carbonyl (C=O) groups is 2. The van der Waals surface area contributed by atoms with Crippen LogP contribution in [-0.2, 0) is 25.4 Å². The Bertz CT molecular complexity index is 1450. The third-order valence-corrected chi connectivity index (χ3v) is 8.38. The Hall–Kier alpha value is -4.48. The molecule has 12 nitrogen and oxygen atoms in total. The Balaban J connectivity index is 1.91. The number of carbonyl (C=O) groups excluding carboxylic acids is 2. The molecule has 0 spiro atoms. The van der Waals surface area contributed by atoms with Crippen LogP contribution < -0.4 is 28.4 Å². The standard InChI is InChI=1S/C31H37NO11/c1-9-16-14-42-31(34)32(16)29-19-10-15-11-20(35-2)25(37-4)27(39-6)23(15)24-18(17(19)12-22(43-29)30(33)41-8)13-21(36-3)26(38-5)28(24)40-7/h11-13,16-17,19,29H,9-10,14H2,1-8H3/t16-,17-,19-,29-/m1/s1. The predicted octanol–water partition coefficient (Wildman–Crippen LogP) is 4.31. The third-order valence-electron chi connectivity index (χ3n) is 8.38. The number of nitrogens with zero attached hydrogens (tertiary/aromatic N) is 1. The average Bonchev–Trinajstić information content (AvgIpc) is 3.35. The molecule has 1 saturated heterocycles. The van der Waals surface area contributed by atoms with Gasteiger partial charge in [0.05, 0.1) is 55.8 Å². The largest absolute Gasteiger partial charge is 0.493 e. The molecule has 2 aromatic carbocycles. The van der Waals surface area contributed by atoms with Gasteiger partial charge in [0.15, 0.2) is 29.2 Å². The van der Waals surface area contributed by atoms with E-state index in [2.05, 4.69) is 0 Å². The van der Waals surface area contributed by atoms with Crippen molar-refractivity contribution >= 4 is 12.1 Å². The van der Waals surface area contributed by atoms with Gasteiger partial charge in [0.25, 0.3) is 0 Å². The average molecular weight is 600 g/mol. The zero-order valence-electron chi connectivity index (χ0n) is 25.6. The lowest BCUT2D eigenvalue weighted by Gasteiger charge is -2.41. The van der Waals surface area contributed by atoms with Crippen LogP contribution in [0.2, 0.25) is 0 Å². The highest BCUT2D eigenvalue weighted by molar-refractivity contribution is 5.91. The van der Waals surface area contributed by atoms with E-state index in [0.717, 1.165) is 11.1 Å². The molecular weight excluding hydrogens is 562 g/mol. The van der Waals surface area contributed by atoms with Crippen molar-refractivity contribution < 1.29 is 52.2 Å². The summed E-state index contributed by atoms with van der Waals surface area (Å²) < 4.78 is 51.9. The van der Waals surface area contributed by atoms with Crippen molar-refractivity contribution in [3.8, 4) is 45.6 Å². The minimum Gasteiger partial charge on any atom is -0.493 e. The fourth-order valence-electron chi connectivity index (χ4n) is 6.44. The Kier molecular flexibility index (Phi) is 8.38. The van der Waals surface area contributed by atoms with Crippen LogP contribution in [0.3, 0.4) is 0 Å². The first kappa shape index (κ1) is 30.0. The third kappa shape index (κ3) is 4.68. The van der Waals surface area contributed by atoms with Gasteiger partial charge in [0.2, 0.25) is 17.3 Å². The van der Waals surface area contributed by atoms with E-state index in [0.29, 0.717) is 58.5 Å². The van der Waals surface area contributed by atoms with Crippen molar-refractivity contribution in [1.82, 2.24) is 4.90 Å².